The van der Waals surface area contributed by atoms with Gasteiger partial charge in [-0.1, -0.05) is 17.8 Å². The lowest BCUT2D eigenvalue weighted by atomic mass is 10.3. The Bertz CT molecular complexity index is 805. The van der Waals surface area contributed by atoms with E-state index in [0.29, 0.717) is 11.0 Å². The zero-order valence-electron chi connectivity index (χ0n) is 12.9. The van der Waals surface area contributed by atoms with Crippen molar-refractivity contribution in [1.29, 1.82) is 0 Å². The number of carbonyl (C=O) groups excluding carboxylic acids is 1. The Morgan fingerprint density at radius 1 is 1.25 bits per heavy atom. The molecule has 0 bridgehead atoms. The van der Waals surface area contributed by atoms with Crippen LogP contribution in [0.2, 0.25) is 0 Å². The first-order valence-electron chi connectivity index (χ1n) is 7.14. The minimum Gasteiger partial charge on any atom is -0.497 e. The Hall–Kier alpha value is -2.87. The Kier molecular flexibility index (Phi) is 5.07. The van der Waals surface area contributed by atoms with Gasteiger partial charge in [-0.2, -0.15) is 0 Å². The second-order valence-electron chi connectivity index (χ2n) is 4.73. The van der Waals surface area contributed by atoms with Crippen LogP contribution in [0.5, 0.6) is 5.75 Å². The SMILES string of the molecule is COc1ccc(-n2cnnc2SCC(=O)Nc2ccccn2)cc1. The lowest BCUT2D eigenvalue weighted by Gasteiger charge is -2.07. The number of nitrogens with one attached hydrogen (secondary N) is 1. The zero-order chi connectivity index (χ0) is 16.8. The molecule has 0 aliphatic rings. The minimum atomic E-state index is -0.150. The zero-order valence-corrected chi connectivity index (χ0v) is 13.7. The summed E-state index contributed by atoms with van der Waals surface area (Å²) in [5, 5.41) is 11.4. The van der Waals surface area contributed by atoms with E-state index >= 15 is 0 Å². The summed E-state index contributed by atoms with van der Waals surface area (Å²) in [6.45, 7) is 0. The first-order chi connectivity index (χ1) is 11.8. The molecule has 2 aromatic heterocycles. The molecule has 0 spiro atoms. The van der Waals surface area contributed by atoms with Crippen LogP contribution in [0.4, 0.5) is 5.82 Å². The molecule has 1 amide bonds. The number of methoxy groups -OCH3 is 1. The van der Waals surface area contributed by atoms with Crippen molar-refractivity contribution in [3.63, 3.8) is 0 Å². The van der Waals surface area contributed by atoms with Crippen molar-refractivity contribution in [3.8, 4) is 11.4 Å². The molecule has 0 saturated heterocycles. The average molecular weight is 341 g/mol. The van der Waals surface area contributed by atoms with Gasteiger partial charge in [-0.25, -0.2) is 4.98 Å². The molecule has 0 aliphatic carbocycles. The van der Waals surface area contributed by atoms with E-state index in [0.717, 1.165) is 11.4 Å². The van der Waals surface area contributed by atoms with Crippen molar-refractivity contribution < 1.29 is 9.53 Å². The third-order valence-electron chi connectivity index (χ3n) is 3.13. The molecule has 0 radical (unpaired) electrons. The van der Waals surface area contributed by atoms with Gasteiger partial charge in [0.15, 0.2) is 5.16 Å². The Labute approximate surface area is 143 Å². The lowest BCUT2D eigenvalue weighted by Crippen LogP contribution is -2.15. The smallest absolute Gasteiger partial charge is 0.236 e. The van der Waals surface area contributed by atoms with Crippen molar-refractivity contribution in [2.45, 2.75) is 5.16 Å². The van der Waals surface area contributed by atoms with E-state index in [1.54, 1.807) is 31.8 Å². The first-order valence-corrected chi connectivity index (χ1v) is 8.13. The van der Waals surface area contributed by atoms with Gasteiger partial charge < -0.3 is 10.1 Å². The topological polar surface area (TPSA) is 81.9 Å². The van der Waals surface area contributed by atoms with Gasteiger partial charge in [0.2, 0.25) is 5.91 Å². The molecule has 0 saturated carbocycles. The highest BCUT2D eigenvalue weighted by Gasteiger charge is 2.10. The highest BCUT2D eigenvalue weighted by molar-refractivity contribution is 7.99. The van der Waals surface area contributed by atoms with E-state index in [-0.39, 0.29) is 11.7 Å². The van der Waals surface area contributed by atoms with Crippen LogP contribution < -0.4 is 10.1 Å². The van der Waals surface area contributed by atoms with Crippen LogP contribution in [0.3, 0.4) is 0 Å². The van der Waals surface area contributed by atoms with Crippen molar-refractivity contribution in [3.05, 3.63) is 55.0 Å². The van der Waals surface area contributed by atoms with Crippen LogP contribution in [0, 0.1) is 0 Å². The lowest BCUT2D eigenvalue weighted by molar-refractivity contribution is -0.113. The third kappa shape index (κ3) is 3.90. The summed E-state index contributed by atoms with van der Waals surface area (Å²) in [4.78, 5) is 16.1. The number of anilines is 1. The van der Waals surface area contributed by atoms with Crippen LogP contribution in [-0.2, 0) is 4.79 Å². The van der Waals surface area contributed by atoms with Crippen molar-refractivity contribution in [2.24, 2.45) is 0 Å². The van der Waals surface area contributed by atoms with E-state index in [1.165, 1.54) is 11.8 Å². The average Bonchev–Trinajstić information content (AvgIpc) is 3.09. The number of thioether (sulfide) groups is 1. The van der Waals surface area contributed by atoms with Gasteiger partial charge in [-0.15, -0.1) is 10.2 Å². The van der Waals surface area contributed by atoms with Gasteiger partial charge in [0.1, 0.15) is 17.9 Å². The number of rotatable bonds is 6. The van der Waals surface area contributed by atoms with Gasteiger partial charge in [-0.3, -0.25) is 9.36 Å². The molecular weight excluding hydrogens is 326 g/mol. The summed E-state index contributed by atoms with van der Waals surface area (Å²) in [6, 6.07) is 12.9. The second-order valence-corrected chi connectivity index (χ2v) is 5.68. The van der Waals surface area contributed by atoms with Crippen LogP contribution in [0.1, 0.15) is 0 Å². The van der Waals surface area contributed by atoms with Gasteiger partial charge in [0.05, 0.1) is 12.9 Å². The number of pyridine rings is 1. The molecule has 1 N–H and O–H groups in total. The summed E-state index contributed by atoms with van der Waals surface area (Å²) in [5.74, 6) is 1.37. The standard InChI is InChI=1S/C16H15N5O2S/c1-23-13-7-5-12(6-8-13)21-11-18-20-16(21)24-10-15(22)19-14-4-2-3-9-17-14/h2-9,11H,10H2,1H3,(H,17,19,22). The van der Waals surface area contributed by atoms with Crippen molar-refractivity contribution in [2.75, 3.05) is 18.2 Å². The molecule has 122 valence electrons. The number of aromatic nitrogens is 4. The summed E-state index contributed by atoms with van der Waals surface area (Å²) in [7, 11) is 1.62. The van der Waals surface area contributed by atoms with E-state index < -0.39 is 0 Å². The number of hydrogen-bond acceptors (Lipinski definition) is 6. The number of benzene rings is 1. The second kappa shape index (κ2) is 7.60. The molecule has 0 fully saturated rings. The summed E-state index contributed by atoms with van der Waals surface area (Å²) in [5.41, 5.74) is 0.897. The van der Waals surface area contributed by atoms with Gasteiger partial charge in [-0.05, 0) is 36.4 Å². The monoisotopic (exact) mass is 341 g/mol. The summed E-state index contributed by atoms with van der Waals surface area (Å²) in [6.07, 6.45) is 3.24. The van der Waals surface area contributed by atoms with E-state index in [2.05, 4.69) is 20.5 Å². The van der Waals surface area contributed by atoms with Crippen LogP contribution in [-0.4, -0.2) is 38.5 Å². The van der Waals surface area contributed by atoms with Gasteiger partial charge >= 0.3 is 0 Å². The van der Waals surface area contributed by atoms with Crippen molar-refractivity contribution in [1.82, 2.24) is 19.7 Å². The number of ether oxygens (including phenoxy) is 1. The molecule has 1 aromatic carbocycles. The fraction of sp³-hybridized carbons (Fsp3) is 0.125. The molecule has 8 heteroatoms. The van der Waals surface area contributed by atoms with Crippen molar-refractivity contribution >= 4 is 23.5 Å². The normalized spacial score (nSPS) is 10.4. The van der Waals surface area contributed by atoms with E-state index in [4.69, 9.17) is 4.74 Å². The maximum absolute atomic E-state index is 12.0. The van der Waals surface area contributed by atoms with Crippen LogP contribution >= 0.6 is 11.8 Å². The Balaban J connectivity index is 1.64. The Morgan fingerprint density at radius 2 is 2.08 bits per heavy atom. The number of amides is 1. The molecule has 0 atom stereocenters. The summed E-state index contributed by atoms with van der Waals surface area (Å²) >= 11 is 1.30. The van der Waals surface area contributed by atoms with E-state index in [1.807, 2.05) is 34.9 Å². The first kappa shape index (κ1) is 16.0. The highest BCUT2D eigenvalue weighted by Crippen LogP contribution is 2.21. The van der Waals surface area contributed by atoms with Gasteiger partial charge in [0, 0.05) is 11.9 Å². The summed E-state index contributed by atoms with van der Waals surface area (Å²) < 4.78 is 6.97. The maximum Gasteiger partial charge on any atom is 0.236 e. The fourth-order valence-electron chi connectivity index (χ4n) is 1.99. The number of carbonyl (C=O) groups is 1. The third-order valence-corrected chi connectivity index (χ3v) is 4.07. The predicted molar refractivity (Wildman–Crippen MR) is 91.5 cm³/mol. The number of hydrogen-bond donors (Lipinski definition) is 1. The Morgan fingerprint density at radius 3 is 2.79 bits per heavy atom. The largest absolute Gasteiger partial charge is 0.497 e. The molecule has 7 nitrogen and oxygen atoms in total. The van der Waals surface area contributed by atoms with Crippen LogP contribution in [0.15, 0.2) is 60.1 Å². The minimum absolute atomic E-state index is 0.150. The molecule has 3 aromatic rings. The van der Waals surface area contributed by atoms with E-state index in [9.17, 15) is 4.79 Å². The fourth-order valence-corrected chi connectivity index (χ4v) is 2.72. The van der Waals surface area contributed by atoms with Crippen LogP contribution in [0.25, 0.3) is 5.69 Å². The molecule has 2 heterocycles. The maximum atomic E-state index is 12.0. The molecule has 0 aliphatic heterocycles. The highest BCUT2D eigenvalue weighted by atomic mass is 32.2. The predicted octanol–water partition coefficient (Wildman–Crippen LogP) is 2.40. The number of nitrogens with zero attached hydrogens (tertiary/aromatic N) is 4. The molecular formula is C16H15N5O2S. The molecule has 0 unspecified atom stereocenters. The molecule has 24 heavy (non-hydrogen) atoms. The quantitative estimate of drug-likeness (QED) is 0.693. The van der Waals surface area contributed by atoms with Gasteiger partial charge in [0.25, 0.3) is 0 Å². The molecule has 3 rings (SSSR count).